The Kier molecular flexibility index (Phi) is 5.20. The molecule has 28 heavy (non-hydrogen) atoms. The predicted molar refractivity (Wildman–Crippen MR) is 92.6 cm³/mol. The summed E-state index contributed by atoms with van der Waals surface area (Å²) in [6.45, 7) is -0.536. The van der Waals surface area contributed by atoms with Crippen LogP contribution in [-0.4, -0.2) is 24.7 Å². The van der Waals surface area contributed by atoms with Crippen LogP contribution >= 0.6 is 11.6 Å². The van der Waals surface area contributed by atoms with Crippen molar-refractivity contribution in [1.29, 1.82) is 0 Å². The van der Waals surface area contributed by atoms with Crippen LogP contribution in [0.3, 0.4) is 0 Å². The molecule has 0 saturated carbocycles. The fourth-order valence-electron chi connectivity index (χ4n) is 2.94. The zero-order valence-corrected chi connectivity index (χ0v) is 14.8. The van der Waals surface area contributed by atoms with Gasteiger partial charge in [-0.1, -0.05) is 23.7 Å². The third-order valence-corrected chi connectivity index (χ3v) is 4.49. The molecule has 1 aliphatic rings. The molecule has 2 N–H and O–H groups in total. The summed E-state index contributed by atoms with van der Waals surface area (Å²) in [7, 11) is 0. The lowest BCUT2D eigenvalue weighted by Crippen LogP contribution is -2.51. The summed E-state index contributed by atoms with van der Waals surface area (Å²) < 4.78 is 60.2. The number of cyclic esters (lactones) is 1. The maximum absolute atomic E-state index is 14.0. The quantitative estimate of drug-likeness (QED) is 0.715. The van der Waals surface area contributed by atoms with Crippen LogP contribution < -0.4 is 10.6 Å². The molecule has 1 heterocycles. The SMILES string of the molecule is O=C1Nc2ccc(Cl)cc2C(CCNC(=O)c2ccccc2F)(C(F)(F)F)O1. The molecular formula is C18H13ClF4N2O3. The van der Waals surface area contributed by atoms with Crippen molar-refractivity contribution in [1.82, 2.24) is 5.32 Å². The van der Waals surface area contributed by atoms with Crippen molar-refractivity contribution in [3.8, 4) is 0 Å². The second kappa shape index (κ2) is 7.31. The molecule has 0 aliphatic carbocycles. The highest BCUT2D eigenvalue weighted by molar-refractivity contribution is 6.30. The van der Waals surface area contributed by atoms with Crippen LogP contribution in [0.4, 0.5) is 28.0 Å². The molecule has 2 aromatic carbocycles. The summed E-state index contributed by atoms with van der Waals surface area (Å²) in [5.74, 6) is -1.70. The minimum absolute atomic E-state index is 0.0162. The van der Waals surface area contributed by atoms with E-state index in [9.17, 15) is 27.2 Å². The molecule has 0 saturated heterocycles. The number of carbonyl (C=O) groups is 2. The zero-order valence-electron chi connectivity index (χ0n) is 14.1. The van der Waals surface area contributed by atoms with Crippen molar-refractivity contribution >= 4 is 29.3 Å². The Labute approximate surface area is 161 Å². The number of anilines is 1. The predicted octanol–water partition coefficient (Wildman–Crippen LogP) is 4.62. The molecule has 148 valence electrons. The van der Waals surface area contributed by atoms with E-state index in [0.29, 0.717) is 0 Å². The minimum atomic E-state index is -4.99. The lowest BCUT2D eigenvalue weighted by Gasteiger charge is -2.39. The third kappa shape index (κ3) is 3.62. The maximum atomic E-state index is 14.0. The van der Waals surface area contributed by atoms with Crippen molar-refractivity contribution in [2.75, 3.05) is 11.9 Å². The van der Waals surface area contributed by atoms with Crippen LogP contribution in [0.1, 0.15) is 22.3 Å². The van der Waals surface area contributed by atoms with Crippen molar-refractivity contribution in [3.05, 3.63) is 64.4 Å². The van der Waals surface area contributed by atoms with Crippen molar-refractivity contribution in [2.45, 2.75) is 18.2 Å². The van der Waals surface area contributed by atoms with Crippen molar-refractivity contribution in [2.24, 2.45) is 0 Å². The maximum Gasteiger partial charge on any atom is 0.432 e. The summed E-state index contributed by atoms with van der Waals surface area (Å²) in [6, 6.07) is 8.65. The first kappa shape index (κ1) is 19.9. The summed E-state index contributed by atoms with van der Waals surface area (Å²) in [5.41, 5.74) is -3.81. The van der Waals surface area contributed by atoms with Gasteiger partial charge in [0.15, 0.2) is 0 Å². The summed E-state index contributed by atoms with van der Waals surface area (Å²) in [4.78, 5) is 23.8. The largest absolute Gasteiger partial charge is 0.432 e. The van der Waals surface area contributed by atoms with Gasteiger partial charge in [0.1, 0.15) is 5.82 Å². The van der Waals surface area contributed by atoms with Gasteiger partial charge in [-0.15, -0.1) is 0 Å². The molecular weight excluding hydrogens is 404 g/mol. The van der Waals surface area contributed by atoms with Gasteiger partial charge in [-0.25, -0.2) is 9.18 Å². The zero-order chi connectivity index (χ0) is 20.5. The number of carbonyl (C=O) groups excluding carboxylic acids is 2. The summed E-state index contributed by atoms with van der Waals surface area (Å²) in [6.07, 6.45) is -7.10. The summed E-state index contributed by atoms with van der Waals surface area (Å²) >= 11 is 5.83. The average molecular weight is 417 g/mol. The van der Waals surface area contributed by atoms with Gasteiger partial charge >= 0.3 is 12.3 Å². The van der Waals surface area contributed by atoms with Crippen LogP contribution in [0, 0.1) is 5.82 Å². The lowest BCUT2D eigenvalue weighted by molar-refractivity contribution is -0.266. The van der Waals surface area contributed by atoms with E-state index in [2.05, 4.69) is 15.4 Å². The molecule has 5 nitrogen and oxygen atoms in total. The highest BCUT2D eigenvalue weighted by Crippen LogP contribution is 2.50. The van der Waals surface area contributed by atoms with Gasteiger partial charge in [0, 0.05) is 23.6 Å². The molecule has 1 aliphatic heterocycles. The number of nitrogens with one attached hydrogen (secondary N) is 2. The highest BCUT2D eigenvalue weighted by atomic mass is 35.5. The number of fused-ring (bicyclic) bond motifs is 1. The topological polar surface area (TPSA) is 67.4 Å². The number of rotatable bonds is 4. The Hall–Kier alpha value is -2.81. The average Bonchev–Trinajstić information content (AvgIpc) is 2.61. The second-order valence-electron chi connectivity index (χ2n) is 6.01. The van der Waals surface area contributed by atoms with Crippen LogP contribution in [0.5, 0.6) is 0 Å². The Morgan fingerprint density at radius 3 is 2.61 bits per heavy atom. The molecule has 2 aromatic rings. The number of benzene rings is 2. The van der Waals surface area contributed by atoms with Crippen molar-refractivity contribution < 1.29 is 31.9 Å². The molecule has 10 heteroatoms. The lowest BCUT2D eigenvalue weighted by atomic mass is 9.87. The van der Waals surface area contributed by atoms with Crippen LogP contribution in [0.2, 0.25) is 5.02 Å². The number of alkyl halides is 3. The molecule has 0 fully saturated rings. The molecule has 0 radical (unpaired) electrons. The van der Waals surface area contributed by atoms with E-state index < -0.39 is 42.6 Å². The van der Waals surface area contributed by atoms with E-state index in [4.69, 9.17) is 11.6 Å². The Morgan fingerprint density at radius 2 is 1.93 bits per heavy atom. The Morgan fingerprint density at radius 1 is 1.21 bits per heavy atom. The van der Waals surface area contributed by atoms with E-state index in [0.717, 1.165) is 12.1 Å². The van der Waals surface area contributed by atoms with Gasteiger partial charge in [0.25, 0.3) is 5.91 Å². The van der Waals surface area contributed by atoms with Gasteiger partial charge in [-0.2, -0.15) is 13.2 Å². The van der Waals surface area contributed by atoms with Gasteiger partial charge < -0.3 is 10.1 Å². The highest BCUT2D eigenvalue weighted by Gasteiger charge is 2.61. The monoisotopic (exact) mass is 416 g/mol. The molecule has 0 bridgehead atoms. The van der Waals surface area contributed by atoms with Gasteiger partial charge in [-0.3, -0.25) is 10.1 Å². The number of hydrogen-bond donors (Lipinski definition) is 2. The molecule has 3 rings (SSSR count). The van der Waals surface area contributed by atoms with Crippen LogP contribution in [0.15, 0.2) is 42.5 Å². The van der Waals surface area contributed by atoms with E-state index in [-0.39, 0.29) is 21.8 Å². The van der Waals surface area contributed by atoms with Gasteiger partial charge in [-0.05, 0) is 30.3 Å². The fourth-order valence-corrected chi connectivity index (χ4v) is 3.11. The first-order chi connectivity index (χ1) is 13.1. The van der Waals surface area contributed by atoms with Gasteiger partial charge in [0.2, 0.25) is 5.60 Å². The number of hydrogen-bond acceptors (Lipinski definition) is 3. The van der Waals surface area contributed by atoms with E-state index in [1.54, 1.807) is 0 Å². The Bertz CT molecular complexity index is 935. The van der Waals surface area contributed by atoms with E-state index in [1.165, 1.54) is 30.3 Å². The molecule has 1 unspecified atom stereocenters. The molecule has 2 amide bonds. The molecule has 1 atom stereocenters. The smallest absolute Gasteiger partial charge is 0.428 e. The number of halogens is 5. The minimum Gasteiger partial charge on any atom is -0.428 e. The molecule has 0 spiro atoms. The van der Waals surface area contributed by atoms with E-state index >= 15 is 0 Å². The standard InChI is InChI=1S/C18H13ClF4N2O3/c19-10-5-6-14-12(9-10)17(18(21,22)23,28-16(27)25-14)7-8-24-15(26)11-3-1-2-4-13(11)20/h1-6,9H,7-8H2,(H,24,26)(H,25,27). The first-order valence-corrected chi connectivity index (χ1v) is 8.41. The second-order valence-corrected chi connectivity index (χ2v) is 6.45. The first-order valence-electron chi connectivity index (χ1n) is 8.03. The summed E-state index contributed by atoms with van der Waals surface area (Å²) in [5, 5.41) is 4.43. The number of amides is 2. The van der Waals surface area contributed by atoms with Crippen molar-refractivity contribution in [3.63, 3.8) is 0 Å². The van der Waals surface area contributed by atoms with Gasteiger partial charge in [0.05, 0.1) is 11.3 Å². The van der Waals surface area contributed by atoms with Crippen LogP contribution in [0.25, 0.3) is 0 Å². The molecule has 0 aromatic heterocycles. The fraction of sp³-hybridized carbons (Fsp3) is 0.222. The number of ether oxygens (including phenoxy) is 1. The third-order valence-electron chi connectivity index (χ3n) is 4.26. The van der Waals surface area contributed by atoms with Crippen LogP contribution in [-0.2, 0) is 10.3 Å². The Balaban J connectivity index is 1.88. The van der Waals surface area contributed by atoms with E-state index in [1.807, 2.05) is 0 Å². The normalized spacial score (nSPS) is 18.7.